The lowest BCUT2D eigenvalue weighted by Crippen LogP contribution is -2.24. The summed E-state index contributed by atoms with van der Waals surface area (Å²) < 4.78 is 5.32. The van der Waals surface area contributed by atoms with Crippen LogP contribution in [-0.4, -0.2) is 33.6 Å². The molecular weight excluding hydrogens is 454 g/mol. The summed E-state index contributed by atoms with van der Waals surface area (Å²) in [6.45, 7) is 3.42. The summed E-state index contributed by atoms with van der Waals surface area (Å²) in [4.78, 5) is 31.9. The minimum Gasteiger partial charge on any atom is -0.484 e. The Kier molecular flexibility index (Phi) is 7.74. The molecule has 3 aromatic rings. The Morgan fingerprint density at radius 2 is 1.88 bits per heavy atom. The van der Waals surface area contributed by atoms with E-state index in [0.717, 1.165) is 23.1 Å². The molecule has 0 aliphatic heterocycles. The highest BCUT2D eigenvalue weighted by Gasteiger charge is 2.17. The number of carbonyl (C=O) groups is 1. The highest BCUT2D eigenvalue weighted by atomic mass is 35.5. The van der Waals surface area contributed by atoms with Gasteiger partial charge in [0.1, 0.15) is 5.75 Å². The molecule has 0 bridgehead atoms. The lowest BCUT2D eigenvalue weighted by Gasteiger charge is -2.05. The number of carbonyl (C=O) groups excluding carboxylic acids is 1. The lowest BCUT2D eigenvalue weighted by molar-refractivity contribution is -0.387. The maximum atomic E-state index is 11.9. The molecule has 2 aromatic carbocycles. The van der Waals surface area contributed by atoms with Crippen LogP contribution in [0.4, 0.5) is 5.69 Å². The van der Waals surface area contributed by atoms with Gasteiger partial charge in [0.05, 0.1) is 16.0 Å². The Hall–Kier alpha value is -3.50. The molecule has 0 fully saturated rings. The number of hydrogen-bond donors (Lipinski definition) is 1. The first-order valence-electron chi connectivity index (χ1n) is 9.29. The molecule has 0 atom stereocenters. The summed E-state index contributed by atoms with van der Waals surface area (Å²) in [7, 11) is 0. The van der Waals surface area contributed by atoms with Crippen LogP contribution in [-0.2, 0) is 4.79 Å². The number of ether oxygens (including phenoxy) is 1. The highest BCUT2D eigenvalue weighted by molar-refractivity contribution is 7.99. The molecule has 0 spiro atoms. The molecule has 32 heavy (non-hydrogen) atoms. The van der Waals surface area contributed by atoms with Crippen molar-refractivity contribution in [3.05, 3.63) is 80.6 Å². The van der Waals surface area contributed by atoms with Gasteiger partial charge in [0.25, 0.3) is 11.6 Å². The molecule has 0 saturated carbocycles. The standard InChI is InChI=1S/C21H18ClN5O4S/c1-13-9-14(2)25-21(24-13)32-19-8-3-15(10-18(19)27(29)30)11-23-26-20(28)12-31-17-6-4-16(22)5-7-17/h3-11H,12H2,1-2H3,(H,26,28)/b23-11+. The number of nitro groups is 1. The fourth-order valence-electron chi connectivity index (χ4n) is 2.57. The first kappa shape index (κ1) is 23.2. The zero-order valence-corrected chi connectivity index (χ0v) is 18.7. The Balaban J connectivity index is 1.63. The van der Waals surface area contributed by atoms with Crippen LogP contribution in [0.25, 0.3) is 0 Å². The van der Waals surface area contributed by atoms with Crippen molar-refractivity contribution in [2.75, 3.05) is 6.61 Å². The Labute approximate surface area is 193 Å². The van der Waals surface area contributed by atoms with Gasteiger partial charge in [-0.05, 0) is 62.0 Å². The molecule has 1 heterocycles. The quantitative estimate of drug-likeness (QED) is 0.224. The first-order chi connectivity index (χ1) is 15.3. The summed E-state index contributed by atoms with van der Waals surface area (Å²) in [6, 6.07) is 13.0. The third kappa shape index (κ3) is 6.76. The molecule has 0 saturated heterocycles. The number of amides is 1. The predicted molar refractivity (Wildman–Crippen MR) is 121 cm³/mol. The van der Waals surface area contributed by atoms with E-state index in [1.54, 1.807) is 36.4 Å². The maximum absolute atomic E-state index is 11.9. The van der Waals surface area contributed by atoms with Gasteiger partial charge in [0, 0.05) is 28.0 Å². The van der Waals surface area contributed by atoms with E-state index in [-0.39, 0.29) is 12.3 Å². The highest BCUT2D eigenvalue weighted by Crippen LogP contribution is 2.33. The van der Waals surface area contributed by atoms with E-state index in [1.165, 1.54) is 12.3 Å². The van der Waals surface area contributed by atoms with Gasteiger partial charge >= 0.3 is 0 Å². The minimum atomic E-state index is -0.485. The van der Waals surface area contributed by atoms with Crippen molar-refractivity contribution in [2.45, 2.75) is 23.9 Å². The van der Waals surface area contributed by atoms with Crippen LogP contribution < -0.4 is 10.2 Å². The van der Waals surface area contributed by atoms with Crippen LogP contribution >= 0.6 is 23.4 Å². The third-order valence-electron chi connectivity index (χ3n) is 3.93. The van der Waals surface area contributed by atoms with E-state index in [0.29, 0.717) is 26.4 Å². The van der Waals surface area contributed by atoms with Gasteiger partial charge in [0.2, 0.25) is 0 Å². The maximum Gasteiger partial charge on any atom is 0.283 e. The number of nitrogens with zero attached hydrogens (tertiary/aromatic N) is 4. The molecule has 11 heteroatoms. The fraction of sp³-hybridized carbons (Fsp3) is 0.143. The van der Waals surface area contributed by atoms with Crippen LogP contribution in [0.1, 0.15) is 17.0 Å². The van der Waals surface area contributed by atoms with Gasteiger partial charge < -0.3 is 4.74 Å². The molecule has 1 amide bonds. The van der Waals surface area contributed by atoms with Gasteiger partial charge in [-0.25, -0.2) is 15.4 Å². The number of nitrogens with one attached hydrogen (secondary N) is 1. The van der Waals surface area contributed by atoms with Crippen LogP contribution in [0.2, 0.25) is 5.02 Å². The molecule has 0 radical (unpaired) electrons. The average Bonchev–Trinajstić information content (AvgIpc) is 2.73. The molecule has 9 nitrogen and oxygen atoms in total. The van der Waals surface area contributed by atoms with Crippen LogP contribution in [0.3, 0.4) is 0 Å². The molecule has 1 aromatic heterocycles. The van der Waals surface area contributed by atoms with E-state index in [2.05, 4.69) is 20.5 Å². The first-order valence-corrected chi connectivity index (χ1v) is 10.5. The number of rotatable bonds is 8. The number of halogens is 1. The summed E-state index contributed by atoms with van der Waals surface area (Å²) in [5.41, 5.74) is 4.21. The van der Waals surface area contributed by atoms with E-state index >= 15 is 0 Å². The Bertz CT molecular complexity index is 1150. The molecule has 0 unspecified atom stereocenters. The number of benzene rings is 2. The third-order valence-corrected chi connectivity index (χ3v) is 5.11. The second kappa shape index (κ2) is 10.7. The van der Waals surface area contributed by atoms with Crippen LogP contribution in [0.15, 0.2) is 63.7 Å². The molecule has 0 aliphatic rings. The smallest absolute Gasteiger partial charge is 0.283 e. The average molecular weight is 472 g/mol. The number of hydrogen-bond acceptors (Lipinski definition) is 8. The van der Waals surface area contributed by atoms with Crippen LogP contribution in [0, 0.1) is 24.0 Å². The second-order valence-corrected chi connectivity index (χ2v) is 8.00. The van der Waals surface area contributed by atoms with Crippen molar-refractivity contribution in [1.29, 1.82) is 0 Å². The number of aryl methyl sites for hydroxylation is 2. The van der Waals surface area contributed by atoms with Crippen molar-refractivity contribution in [1.82, 2.24) is 15.4 Å². The van der Waals surface area contributed by atoms with Gasteiger partial charge in [0.15, 0.2) is 11.8 Å². The van der Waals surface area contributed by atoms with Crippen molar-refractivity contribution < 1.29 is 14.5 Å². The van der Waals surface area contributed by atoms with Crippen molar-refractivity contribution >= 4 is 41.2 Å². The van der Waals surface area contributed by atoms with E-state index in [1.807, 2.05) is 19.9 Å². The summed E-state index contributed by atoms with van der Waals surface area (Å²) in [5.74, 6) is 0.00914. The molecule has 1 N–H and O–H groups in total. The van der Waals surface area contributed by atoms with Crippen molar-refractivity contribution in [2.24, 2.45) is 5.10 Å². The number of nitro benzene ring substituents is 1. The minimum absolute atomic E-state index is 0.112. The predicted octanol–water partition coefficient (Wildman–Crippen LogP) is 4.34. The molecular formula is C21H18ClN5O4S. The normalized spacial score (nSPS) is 10.8. The molecule has 164 valence electrons. The summed E-state index contributed by atoms with van der Waals surface area (Å²) in [5, 5.41) is 16.4. The van der Waals surface area contributed by atoms with Crippen LogP contribution in [0.5, 0.6) is 5.75 Å². The van der Waals surface area contributed by atoms with Gasteiger partial charge in [-0.3, -0.25) is 14.9 Å². The number of aromatic nitrogens is 2. The zero-order valence-electron chi connectivity index (χ0n) is 17.1. The lowest BCUT2D eigenvalue weighted by atomic mass is 10.2. The SMILES string of the molecule is Cc1cc(C)nc(Sc2ccc(/C=N/NC(=O)COc3ccc(Cl)cc3)cc2[N+](=O)[O-])n1. The summed E-state index contributed by atoms with van der Waals surface area (Å²) in [6.07, 6.45) is 1.31. The Morgan fingerprint density at radius 1 is 1.19 bits per heavy atom. The van der Waals surface area contributed by atoms with Gasteiger partial charge in [-0.1, -0.05) is 17.7 Å². The van der Waals surface area contributed by atoms with Crippen molar-refractivity contribution in [3.8, 4) is 5.75 Å². The van der Waals surface area contributed by atoms with Gasteiger partial charge in [-0.2, -0.15) is 5.10 Å². The largest absolute Gasteiger partial charge is 0.484 e. The zero-order chi connectivity index (χ0) is 23.1. The monoisotopic (exact) mass is 471 g/mol. The molecule has 3 rings (SSSR count). The topological polar surface area (TPSA) is 120 Å². The van der Waals surface area contributed by atoms with E-state index in [9.17, 15) is 14.9 Å². The molecule has 0 aliphatic carbocycles. The Morgan fingerprint density at radius 3 is 2.53 bits per heavy atom. The van der Waals surface area contributed by atoms with Gasteiger partial charge in [-0.15, -0.1) is 0 Å². The van der Waals surface area contributed by atoms with E-state index < -0.39 is 10.8 Å². The summed E-state index contributed by atoms with van der Waals surface area (Å²) >= 11 is 6.90. The second-order valence-electron chi connectivity index (χ2n) is 6.56. The number of hydrazone groups is 1. The van der Waals surface area contributed by atoms with E-state index in [4.69, 9.17) is 16.3 Å². The fourth-order valence-corrected chi connectivity index (χ4v) is 3.65. The van der Waals surface area contributed by atoms with Crippen molar-refractivity contribution in [3.63, 3.8) is 0 Å².